The fourth-order valence-corrected chi connectivity index (χ4v) is 3.59. The van der Waals surface area contributed by atoms with Gasteiger partial charge in [-0.3, -0.25) is 23.5 Å². The van der Waals surface area contributed by atoms with Gasteiger partial charge in [0, 0.05) is 31.2 Å². The van der Waals surface area contributed by atoms with Crippen molar-refractivity contribution < 1.29 is 4.39 Å². The molecule has 0 atom stereocenters. The van der Waals surface area contributed by atoms with Crippen LogP contribution in [0, 0.1) is 5.82 Å². The highest BCUT2D eigenvalue weighted by molar-refractivity contribution is 9.10. The smallest absolute Gasteiger partial charge is 0.300 e. The van der Waals surface area contributed by atoms with Gasteiger partial charge in [-0.25, -0.2) is 14.2 Å². The van der Waals surface area contributed by atoms with Gasteiger partial charge >= 0.3 is 5.69 Å². The van der Waals surface area contributed by atoms with E-state index in [0.717, 1.165) is 4.57 Å². The molecule has 0 N–H and O–H groups in total. The van der Waals surface area contributed by atoms with Gasteiger partial charge in [0.15, 0.2) is 15.9 Å². The fourth-order valence-electron chi connectivity index (χ4n) is 3.12. The van der Waals surface area contributed by atoms with Crippen LogP contribution in [0.5, 0.6) is 0 Å². The Balaban J connectivity index is 2.02. The van der Waals surface area contributed by atoms with E-state index < -0.39 is 11.2 Å². The number of aryl methyl sites for hydroxylation is 1. The van der Waals surface area contributed by atoms with E-state index in [2.05, 4.69) is 25.9 Å². The molecule has 26 heavy (non-hydrogen) atoms. The van der Waals surface area contributed by atoms with Gasteiger partial charge in [-0.2, -0.15) is 0 Å². The summed E-state index contributed by atoms with van der Waals surface area (Å²) in [6.07, 6.45) is 1.64. The van der Waals surface area contributed by atoms with Gasteiger partial charge in [0.05, 0.1) is 12.1 Å². The summed E-state index contributed by atoms with van der Waals surface area (Å²) in [4.78, 5) is 33.2. The minimum atomic E-state index is -0.482. The van der Waals surface area contributed by atoms with Crippen LogP contribution in [0.15, 0.2) is 44.8 Å². The first-order chi connectivity index (χ1) is 12.4. The molecule has 0 aliphatic heterocycles. The predicted molar refractivity (Wildman–Crippen MR) is 98.7 cm³/mol. The summed E-state index contributed by atoms with van der Waals surface area (Å²) in [6.45, 7) is 0.197. The number of pyridine rings is 1. The van der Waals surface area contributed by atoms with Crippen LogP contribution in [0.1, 0.15) is 5.56 Å². The zero-order valence-corrected chi connectivity index (χ0v) is 15.5. The number of imidazole rings is 1. The van der Waals surface area contributed by atoms with E-state index >= 15 is 0 Å². The Morgan fingerprint density at radius 2 is 1.92 bits per heavy atom. The lowest BCUT2D eigenvalue weighted by molar-refractivity contribution is 0.625. The van der Waals surface area contributed by atoms with E-state index in [1.54, 1.807) is 29.9 Å². The Morgan fingerprint density at radius 1 is 1.15 bits per heavy atom. The van der Waals surface area contributed by atoms with Crippen molar-refractivity contribution >= 4 is 38.0 Å². The molecule has 0 spiro atoms. The van der Waals surface area contributed by atoms with Crippen molar-refractivity contribution in [2.75, 3.05) is 0 Å². The highest BCUT2D eigenvalue weighted by Crippen LogP contribution is 2.23. The molecular formula is C17H13BrFN5O2. The Labute approximate surface area is 154 Å². The van der Waals surface area contributed by atoms with Gasteiger partial charge in [0.2, 0.25) is 0 Å². The third kappa shape index (κ3) is 2.38. The number of halogens is 2. The lowest BCUT2D eigenvalue weighted by Gasteiger charge is -2.11. The fraction of sp³-hybridized carbons (Fsp3) is 0.176. The molecule has 0 aliphatic carbocycles. The van der Waals surface area contributed by atoms with Crippen molar-refractivity contribution in [2.45, 2.75) is 6.54 Å². The molecule has 4 aromatic rings. The first-order valence-corrected chi connectivity index (χ1v) is 8.52. The molecule has 0 bridgehead atoms. The highest BCUT2D eigenvalue weighted by Gasteiger charge is 2.19. The largest absolute Gasteiger partial charge is 0.332 e. The Kier molecular flexibility index (Phi) is 3.76. The van der Waals surface area contributed by atoms with Crippen molar-refractivity contribution in [1.82, 2.24) is 23.7 Å². The lowest BCUT2D eigenvalue weighted by Crippen LogP contribution is -2.37. The highest BCUT2D eigenvalue weighted by atomic mass is 79.9. The average molecular weight is 418 g/mol. The summed E-state index contributed by atoms with van der Waals surface area (Å²) in [5.74, 6) is -0.383. The number of hydrogen-bond acceptors (Lipinski definition) is 4. The van der Waals surface area contributed by atoms with Crippen LogP contribution in [-0.4, -0.2) is 23.7 Å². The number of benzene rings is 1. The summed E-state index contributed by atoms with van der Waals surface area (Å²) >= 11 is 3.34. The second-order valence-corrected chi connectivity index (χ2v) is 6.69. The molecule has 3 aromatic heterocycles. The second kappa shape index (κ2) is 5.87. The molecule has 0 amide bonds. The monoisotopic (exact) mass is 417 g/mol. The molecular weight excluding hydrogens is 405 g/mol. The summed E-state index contributed by atoms with van der Waals surface area (Å²) in [6, 6.07) is 6.33. The molecule has 0 unspecified atom stereocenters. The van der Waals surface area contributed by atoms with Gasteiger partial charge in [-0.15, -0.1) is 0 Å². The number of aromatic nitrogens is 5. The van der Waals surface area contributed by atoms with Crippen LogP contribution in [-0.2, 0) is 20.6 Å². The molecule has 132 valence electrons. The maximum atomic E-state index is 14.0. The van der Waals surface area contributed by atoms with Crippen LogP contribution >= 0.6 is 15.9 Å². The number of nitrogens with zero attached hydrogens (tertiary/aromatic N) is 5. The lowest BCUT2D eigenvalue weighted by atomic mass is 10.1. The van der Waals surface area contributed by atoms with E-state index in [1.807, 2.05) is 0 Å². The molecule has 0 saturated carbocycles. The zero-order valence-electron chi connectivity index (χ0n) is 13.9. The van der Waals surface area contributed by atoms with Gasteiger partial charge in [-0.05, 0) is 34.1 Å². The zero-order chi connectivity index (χ0) is 18.6. The van der Waals surface area contributed by atoms with Crippen LogP contribution in [0.3, 0.4) is 0 Å². The summed E-state index contributed by atoms with van der Waals surface area (Å²) in [5.41, 5.74) is 0.849. The maximum absolute atomic E-state index is 14.0. The van der Waals surface area contributed by atoms with Crippen molar-refractivity contribution in [3.63, 3.8) is 0 Å². The molecule has 7 nitrogen and oxygen atoms in total. The van der Waals surface area contributed by atoms with Crippen LogP contribution < -0.4 is 11.2 Å². The standard InChI is InChI=1S/C17H13BrFN5O2/c1-22-14-13(15(25)23(2)17(22)26)21-16(18)24(14)8-10-7-11(19)6-9-4-3-5-20-12(9)10/h3-7H,8H2,1-2H3. The number of rotatable bonds is 2. The molecule has 1 aromatic carbocycles. The normalized spacial score (nSPS) is 11.5. The van der Waals surface area contributed by atoms with E-state index in [4.69, 9.17) is 0 Å². The quantitative estimate of drug-likeness (QED) is 0.467. The maximum Gasteiger partial charge on any atom is 0.332 e. The van der Waals surface area contributed by atoms with Crippen molar-refractivity contribution in [3.05, 3.63) is 67.4 Å². The summed E-state index contributed by atoms with van der Waals surface area (Å²) in [7, 11) is 2.97. The summed E-state index contributed by atoms with van der Waals surface area (Å²) in [5, 5.41) is 0.674. The Morgan fingerprint density at radius 3 is 2.69 bits per heavy atom. The van der Waals surface area contributed by atoms with Crippen molar-refractivity contribution in [2.24, 2.45) is 14.1 Å². The SMILES string of the molecule is Cn1c(=O)c2nc(Br)n(Cc3cc(F)cc4cccnc34)c2n(C)c1=O. The van der Waals surface area contributed by atoms with Gasteiger partial charge in [0.1, 0.15) is 5.82 Å². The molecule has 0 saturated heterocycles. The van der Waals surface area contributed by atoms with Crippen LogP contribution in [0.4, 0.5) is 4.39 Å². The average Bonchev–Trinajstić information content (AvgIpc) is 2.94. The van der Waals surface area contributed by atoms with Gasteiger partial charge < -0.3 is 0 Å². The third-order valence-corrected chi connectivity index (χ3v) is 4.98. The van der Waals surface area contributed by atoms with E-state index in [0.29, 0.717) is 26.8 Å². The van der Waals surface area contributed by atoms with E-state index in [9.17, 15) is 14.0 Å². The van der Waals surface area contributed by atoms with E-state index in [1.165, 1.54) is 23.7 Å². The predicted octanol–water partition coefficient (Wildman–Crippen LogP) is 1.93. The van der Waals surface area contributed by atoms with Gasteiger partial charge in [-0.1, -0.05) is 6.07 Å². The van der Waals surface area contributed by atoms with Crippen LogP contribution in [0.2, 0.25) is 0 Å². The molecule has 0 aliphatic rings. The Bertz CT molecular complexity index is 1300. The van der Waals surface area contributed by atoms with E-state index in [-0.39, 0.29) is 17.9 Å². The van der Waals surface area contributed by atoms with Crippen molar-refractivity contribution in [3.8, 4) is 0 Å². The number of hydrogen-bond donors (Lipinski definition) is 0. The molecule has 0 radical (unpaired) electrons. The van der Waals surface area contributed by atoms with Crippen LogP contribution in [0.25, 0.3) is 22.1 Å². The molecule has 4 rings (SSSR count). The first kappa shape index (κ1) is 16.6. The Hall–Kier alpha value is -2.81. The number of fused-ring (bicyclic) bond motifs is 2. The summed E-state index contributed by atoms with van der Waals surface area (Å²) < 4.78 is 18.4. The second-order valence-electron chi connectivity index (χ2n) is 5.98. The minimum Gasteiger partial charge on any atom is -0.300 e. The first-order valence-electron chi connectivity index (χ1n) is 7.73. The third-order valence-electron chi connectivity index (χ3n) is 4.37. The molecule has 3 heterocycles. The molecule has 9 heteroatoms. The molecule has 0 fully saturated rings. The topological polar surface area (TPSA) is 74.7 Å². The van der Waals surface area contributed by atoms with Crippen molar-refractivity contribution in [1.29, 1.82) is 0 Å². The minimum absolute atomic E-state index is 0.162. The van der Waals surface area contributed by atoms with Gasteiger partial charge in [0.25, 0.3) is 5.56 Å².